The van der Waals surface area contributed by atoms with Gasteiger partial charge >= 0.3 is 0 Å². The Kier molecular flexibility index (Phi) is 13.7. The Hall–Kier alpha value is -12.9. The van der Waals surface area contributed by atoms with Gasteiger partial charge in [-0.25, -0.2) is 15.0 Å². The van der Waals surface area contributed by atoms with Crippen LogP contribution in [0, 0.1) is 0 Å². The number of hydrogen-bond donors (Lipinski definition) is 0. The van der Waals surface area contributed by atoms with Gasteiger partial charge in [-0.1, -0.05) is 281 Å². The van der Waals surface area contributed by atoms with Crippen molar-refractivity contribution in [3.63, 3.8) is 0 Å². The lowest BCUT2D eigenvalue weighted by Crippen LogP contribution is -2.15. The maximum atomic E-state index is 5.25. The summed E-state index contributed by atoms with van der Waals surface area (Å²) >= 11 is 1.79. The molecule has 5 nitrogen and oxygen atoms in total. The van der Waals surface area contributed by atoms with Gasteiger partial charge in [-0.2, -0.15) is 0 Å². The molecule has 0 saturated carbocycles. The van der Waals surface area contributed by atoms with Crippen molar-refractivity contribution < 1.29 is 0 Å². The zero-order valence-electron chi connectivity index (χ0n) is 56.1. The average Bonchev–Trinajstić information content (AvgIpc) is 1.43. The maximum Gasteiger partial charge on any atom is 0.165 e. The highest BCUT2D eigenvalue weighted by molar-refractivity contribution is 7.26. The van der Waals surface area contributed by atoms with Crippen LogP contribution in [0.1, 0.15) is 25.0 Å². The van der Waals surface area contributed by atoms with Crippen LogP contribution in [0.15, 0.2) is 346 Å². The minimum Gasteiger partial charge on any atom is -0.309 e. The number of rotatable bonds is 8. The predicted octanol–water partition coefficient (Wildman–Crippen LogP) is 25.9. The molecule has 0 fully saturated rings. The third-order valence-corrected chi connectivity index (χ3v) is 22.5. The second-order valence-corrected chi connectivity index (χ2v) is 28.4. The summed E-state index contributed by atoms with van der Waals surface area (Å²) in [4.78, 5) is 15.7. The first-order valence-electron chi connectivity index (χ1n) is 35.0. The van der Waals surface area contributed by atoms with E-state index < -0.39 is 0 Å². The fraction of sp³-hybridized carbons (Fsp3) is 0.0312. The van der Waals surface area contributed by atoms with E-state index >= 15 is 0 Å². The standard InChI is InChI=1S/C48H33N3S.C48H30N2/c1-48(2)41-20-8-6-16-36(41)37-27-26-35(29-42(37)48)46-49-45(50-47(51-46)40-19-11-18-39-38-17-7-9-21-43(38)52-44(39)40)34-15-10-14-33(28-34)32-24-22-31(23-25-32)30-12-4-3-5-13-30;1-2-16-37-35(14-1)36-15-3-4-17-38(36)43-30-34(25-26-39(37)43)50-47-23-10-7-20-42(47)44-29-32(24-27-48(44)50)31-12-11-13-33(28-31)49-45-21-8-5-18-40(45)41-19-6-9-22-46(41)49/h3-29H,1-2H3;1-30H. The van der Waals surface area contributed by atoms with E-state index in [9.17, 15) is 0 Å². The second-order valence-electron chi connectivity index (χ2n) is 27.4. The Morgan fingerprint density at radius 3 is 1.34 bits per heavy atom. The molecular weight excluding hydrogens is 1260 g/mol. The molecule has 0 spiro atoms. The van der Waals surface area contributed by atoms with E-state index in [-0.39, 0.29) is 5.41 Å². The highest BCUT2D eigenvalue weighted by atomic mass is 32.1. The number of para-hydroxylation sites is 3. The van der Waals surface area contributed by atoms with Crippen molar-refractivity contribution in [3.05, 3.63) is 357 Å². The topological polar surface area (TPSA) is 48.5 Å². The second kappa shape index (κ2) is 23.7. The van der Waals surface area contributed by atoms with Crippen LogP contribution in [0.2, 0.25) is 0 Å². The monoisotopic (exact) mass is 1320 g/mol. The van der Waals surface area contributed by atoms with Gasteiger partial charge < -0.3 is 9.13 Å². The highest BCUT2D eigenvalue weighted by Crippen LogP contribution is 2.50. The van der Waals surface area contributed by atoms with E-state index in [1.807, 2.05) is 0 Å². The largest absolute Gasteiger partial charge is 0.309 e. The molecule has 0 atom stereocenters. The van der Waals surface area contributed by atoms with Crippen molar-refractivity contribution in [3.8, 4) is 90.0 Å². The normalized spacial score (nSPS) is 12.5. The van der Waals surface area contributed by atoms with Gasteiger partial charge in [0.25, 0.3) is 0 Å². The first-order valence-corrected chi connectivity index (χ1v) is 35.8. The van der Waals surface area contributed by atoms with E-state index in [2.05, 4.69) is 369 Å². The molecule has 0 saturated heterocycles. The molecular formula is C96H63N5S. The number of hydrogen-bond acceptors (Lipinski definition) is 4. The SMILES string of the molecule is CC1(C)c2ccccc2-c2ccc(-c3nc(-c4cccc(-c5ccc(-c6ccccc6)cc5)c4)nc(-c4cccc5c4sc4ccccc45)n3)cc21.c1cc(-c2ccc3c(c2)c2ccccc2n3-c2ccc3c4ccccc4c4ccccc4c3c2)cc(-n2c3ccccc3c3ccccc32)c1. The van der Waals surface area contributed by atoms with Crippen molar-refractivity contribution in [2.75, 3.05) is 0 Å². The minimum absolute atomic E-state index is 0.131. The molecule has 0 aliphatic heterocycles. The summed E-state index contributed by atoms with van der Waals surface area (Å²) in [5, 5.41) is 15.3. The van der Waals surface area contributed by atoms with E-state index in [4.69, 9.17) is 15.0 Å². The number of fused-ring (bicyclic) bond motifs is 18. The highest BCUT2D eigenvalue weighted by Gasteiger charge is 2.36. The van der Waals surface area contributed by atoms with Gasteiger partial charge in [0.15, 0.2) is 17.5 Å². The van der Waals surface area contributed by atoms with Gasteiger partial charge in [0.05, 0.1) is 22.1 Å². The molecule has 0 amide bonds. The van der Waals surface area contributed by atoms with Crippen molar-refractivity contribution in [1.29, 1.82) is 0 Å². The Balaban J connectivity index is 0.000000137. The zero-order chi connectivity index (χ0) is 67.6. The Morgan fingerprint density at radius 2 is 0.657 bits per heavy atom. The molecule has 4 heterocycles. The van der Waals surface area contributed by atoms with E-state index in [1.54, 1.807) is 11.3 Å². The Labute approximate surface area is 593 Å². The smallest absolute Gasteiger partial charge is 0.165 e. The van der Waals surface area contributed by atoms with Gasteiger partial charge in [-0.15, -0.1) is 11.3 Å². The van der Waals surface area contributed by atoms with Crippen molar-refractivity contribution in [1.82, 2.24) is 24.1 Å². The number of benzene rings is 16. The summed E-state index contributed by atoms with van der Waals surface area (Å²) in [5.74, 6) is 2.01. The predicted molar refractivity (Wildman–Crippen MR) is 431 cm³/mol. The van der Waals surface area contributed by atoms with Crippen molar-refractivity contribution in [2.45, 2.75) is 19.3 Å². The Bertz CT molecular complexity index is 6700. The van der Waals surface area contributed by atoms with Crippen LogP contribution >= 0.6 is 11.3 Å². The number of thiophene rings is 1. The third-order valence-electron chi connectivity index (χ3n) is 21.2. The summed E-state index contributed by atoms with van der Waals surface area (Å²) in [6.07, 6.45) is 0. The van der Waals surface area contributed by atoms with E-state index in [0.29, 0.717) is 17.5 Å². The van der Waals surface area contributed by atoms with Crippen LogP contribution in [0.5, 0.6) is 0 Å². The van der Waals surface area contributed by atoms with Crippen molar-refractivity contribution in [2.24, 2.45) is 0 Å². The molecule has 1 aliphatic rings. The quantitative estimate of drug-likeness (QED) is 0.142. The summed E-state index contributed by atoms with van der Waals surface area (Å²) in [6, 6.07) is 125. The molecule has 0 unspecified atom stereocenters. The first-order chi connectivity index (χ1) is 50.3. The molecule has 1 aliphatic carbocycles. The summed E-state index contributed by atoms with van der Waals surface area (Å²) in [5.41, 5.74) is 22.3. The van der Waals surface area contributed by atoms with E-state index in [1.165, 1.54) is 152 Å². The van der Waals surface area contributed by atoms with Gasteiger partial charge in [0.2, 0.25) is 0 Å². The van der Waals surface area contributed by atoms with Crippen LogP contribution in [-0.2, 0) is 5.41 Å². The van der Waals surface area contributed by atoms with Crippen LogP contribution in [0.4, 0.5) is 0 Å². The number of aromatic nitrogens is 5. The fourth-order valence-corrected chi connectivity index (χ4v) is 17.5. The van der Waals surface area contributed by atoms with Crippen LogP contribution in [0.3, 0.4) is 0 Å². The molecule has 0 bridgehead atoms. The zero-order valence-corrected chi connectivity index (χ0v) is 56.9. The van der Waals surface area contributed by atoms with Gasteiger partial charge in [0.1, 0.15) is 0 Å². The van der Waals surface area contributed by atoms with Gasteiger partial charge in [-0.3, -0.25) is 0 Å². The fourth-order valence-electron chi connectivity index (χ4n) is 16.3. The summed E-state index contributed by atoms with van der Waals surface area (Å²) in [6.45, 7) is 4.62. The number of nitrogens with zero attached hydrogens (tertiary/aromatic N) is 5. The lowest BCUT2D eigenvalue weighted by molar-refractivity contribution is 0.660. The molecule has 21 rings (SSSR count). The molecule has 6 heteroatoms. The molecule has 0 N–H and O–H groups in total. The molecule has 0 radical (unpaired) electrons. The summed E-state index contributed by atoms with van der Waals surface area (Å²) < 4.78 is 7.27. The average molecular weight is 1320 g/mol. The first kappa shape index (κ1) is 59.2. The molecule has 478 valence electrons. The van der Waals surface area contributed by atoms with Crippen molar-refractivity contribution >= 4 is 107 Å². The molecule has 102 heavy (non-hydrogen) atoms. The molecule has 16 aromatic carbocycles. The summed E-state index contributed by atoms with van der Waals surface area (Å²) in [7, 11) is 0. The van der Waals surface area contributed by atoms with Gasteiger partial charge in [-0.05, 0) is 167 Å². The molecule has 4 aromatic heterocycles. The van der Waals surface area contributed by atoms with Crippen LogP contribution in [0.25, 0.3) is 186 Å². The van der Waals surface area contributed by atoms with Gasteiger partial charge in [0, 0.05) is 75.2 Å². The third kappa shape index (κ3) is 9.63. The van der Waals surface area contributed by atoms with Crippen LogP contribution < -0.4 is 0 Å². The molecule has 20 aromatic rings. The lowest BCUT2D eigenvalue weighted by Gasteiger charge is -2.21. The van der Waals surface area contributed by atoms with E-state index in [0.717, 1.165) is 27.8 Å². The minimum atomic E-state index is -0.131. The maximum absolute atomic E-state index is 5.25. The lowest BCUT2D eigenvalue weighted by atomic mass is 9.82. The Morgan fingerprint density at radius 1 is 0.235 bits per heavy atom. The van der Waals surface area contributed by atoms with Crippen LogP contribution in [-0.4, -0.2) is 24.1 Å².